The Balaban J connectivity index is 0.00000144. The van der Waals surface area contributed by atoms with Crippen LogP contribution in [0.15, 0.2) is 30.3 Å². The van der Waals surface area contributed by atoms with Crippen molar-refractivity contribution in [2.75, 3.05) is 19.6 Å². The highest BCUT2D eigenvalue weighted by Gasteiger charge is 2.37. The number of hydrogen-bond donors (Lipinski definition) is 0. The van der Waals surface area contributed by atoms with Crippen LogP contribution >= 0.6 is 17.0 Å². The zero-order valence-electron chi connectivity index (χ0n) is 11.1. The van der Waals surface area contributed by atoms with E-state index >= 15 is 0 Å². The molecule has 0 bridgehead atoms. The molecule has 0 N–H and O–H groups in total. The molecule has 0 unspecified atom stereocenters. The van der Waals surface area contributed by atoms with Crippen molar-refractivity contribution in [3.05, 3.63) is 35.9 Å². The Morgan fingerprint density at radius 1 is 1.29 bits per heavy atom. The number of halogens is 1. The van der Waals surface area contributed by atoms with Crippen LogP contribution in [-0.4, -0.2) is 24.5 Å². The van der Waals surface area contributed by atoms with E-state index in [1.165, 1.54) is 31.6 Å². The topological polar surface area (TPSA) is 3.24 Å². The fraction of sp³-hybridized carbons (Fsp3) is 0.600. The summed E-state index contributed by atoms with van der Waals surface area (Å²) in [6.07, 6.45) is 1.28. The maximum Gasteiger partial charge on any atom is 0.00153 e. The molecule has 1 aliphatic rings. The van der Waals surface area contributed by atoms with Crippen LogP contribution in [0, 0.1) is 5.92 Å². The van der Waals surface area contributed by atoms with Crippen molar-refractivity contribution >= 4 is 17.0 Å². The highest BCUT2D eigenvalue weighted by atomic mass is 79.9. The molecule has 1 aromatic rings. The second kappa shape index (κ2) is 6.01. The average molecular weight is 298 g/mol. The van der Waals surface area contributed by atoms with E-state index < -0.39 is 0 Å². The fourth-order valence-electron chi connectivity index (χ4n) is 2.85. The molecule has 2 heteroatoms. The third kappa shape index (κ3) is 2.92. The van der Waals surface area contributed by atoms with Crippen LogP contribution in [-0.2, 0) is 5.41 Å². The van der Waals surface area contributed by atoms with Crippen molar-refractivity contribution < 1.29 is 0 Å². The van der Waals surface area contributed by atoms with Gasteiger partial charge in [0.2, 0.25) is 0 Å². The molecule has 2 atom stereocenters. The van der Waals surface area contributed by atoms with Crippen LogP contribution in [0.1, 0.15) is 32.8 Å². The summed E-state index contributed by atoms with van der Waals surface area (Å²) in [6.45, 7) is 10.8. The Morgan fingerprint density at radius 2 is 1.94 bits per heavy atom. The monoisotopic (exact) mass is 297 g/mol. The summed E-state index contributed by atoms with van der Waals surface area (Å²) in [5.74, 6) is 0.739. The van der Waals surface area contributed by atoms with Crippen LogP contribution in [0.25, 0.3) is 0 Å². The summed E-state index contributed by atoms with van der Waals surface area (Å²) in [4.78, 5) is 2.56. The summed E-state index contributed by atoms with van der Waals surface area (Å²) in [7, 11) is 0. The van der Waals surface area contributed by atoms with Crippen LogP contribution < -0.4 is 0 Å². The molecule has 1 aromatic carbocycles. The first kappa shape index (κ1) is 14.7. The Labute approximate surface area is 116 Å². The standard InChI is InChI=1S/C15H23N.BrH/c1-4-16-11-10-15(3,13(2)12-16)14-8-6-5-7-9-14;/h5-9,13H,4,10-12H2,1-3H3;1H/t13-,15+;/m0./s1. The number of likely N-dealkylation sites (tertiary alicyclic amines) is 1. The predicted octanol–water partition coefficient (Wildman–Crippen LogP) is 3.88. The van der Waals surface area contributed by atoms with Gasteiger partial charge < -0.3 is 4.90 Å². The molecule has 96 valence electrons. The number of benzene rings is 1. The average Bonchev–Trinajstić information content (AvgIpc) is 2.34. The lowest BCUT2D eigenvalue weighted by molar-refractivity contribution is 0.116. The molecule has 1 nitrogen and oxygen atoms in total. The molecule has 17 heavy (non-hydrogen) atoms. The minimum atomic E-state index is 0. The van der Waals surface area contributed by atoms with E-state index in [0.717, 1.165) is 5.92 Å². The third-order valence-electron chi connectivity index (χ3n) is 4.45. The largest absolute Gasteiger partial charge is 0.303 e. The first-order chi connectivity index (χ1) is 7.66. The Morgan fingerprint density at radius 3 is 2.47 bits per heavy atom. The molecule has 0 radical (unpaired) electrons. The van der Waals surface area contributed by atoms with Gasteiger partial charge in [-0.05, 0) is 36.4 Å². The van der Waals surface area contributed by atoms with Crippen molar-refractivity contribution in [3.63, 3.8) is 0 Å². The minimum absolute atomic E-state index is 0. The van der Waals surface area contributed by atoms with Crippen molar-refractivity contribution in [1.29, 1.82) is 0 Å². The van der Waals surface area contributed by atoms with Gasteiger partial charge in [0.05, 0.1) is 0 Å². The molecule has 1 fully saturated rings. The summed E-state index contributed by atoms with van der Waals surface area (Å²) >= 11 is 0. The molecule has 0 spiro atoms. The van der Waals surface area contributed by atoms with Gasteiger partial charge in [0.25, 0.3) is 0 Å². The summed E-state index contributed by atoms with van der Waals surface area (Å²) in [5.41, 5.74) is 1.88. The molecule has 1 saturated heterocycles. The number of nitrogens with zero attached hydrogens (tertiary/aromatic N) is 1. The third-order valence-corrected chi connectivity index (χ3v) is 4.45. The normalized spacial score (nSPS) is 29.7. The highest BCUT2D eigenvalue weighted by molar-refractivity contribution is 8.93. The second-order valence-corrected chi connectivity index (χ2v) is 5.33. The molecule has 0 aliphatic carbocycles. The number of hydrogen-bond acceptors (Lipinski definition) is 1. The first-order valence-corrected chi connectivity index (χ1v) is 6.44. The molecule has 1 aliphatic heterocycles. The lowest BCUT2D eigenvalue weighted by atomic mass is 9.68. The number of rotatable bonds is 2. The van der Waals surface area contributed by atoms with E-state index in [4.69, 9.17) is 0 Å². The zero-order chi connectivity index (χ0) is 11.6. The van der Waals surface area contributed by atoms with Crippen molar-refractivity contribution in [2.24, 2.45) is 5.92 Å². The maximum absolute atomic E-state index is 2.56. The summed E-state index contributed by atoms with van der Waals surface area (Å²) < 4.78 is 0. The Hall–Kier alpha value is -0.340. The van der Waals surface area contributed by atoms with Gasteiger partial charge in [0.15, 0.2) is 0 Å². The zero-order valence-corrected chi connectivity index (χ0v) is 12.9. The lowest BCUT2D eigenvalue weighted by Crippen LogP contribution is -2.47. The van der Waals surface area contributed by atoms with Gasteiger partial charge in [-0.2, -0.15) is 0 Å². The van der Waals surface area contributed by atoms with E-state index in [9.17, 15) is 0 Å². The van der Waals surface area contributed by atoms with E-state index in [1.54, 1.807) is 0 Å². The van der Waals surface area contributed by atoms with E-state index in [2.05, 4.69) is 56.0 Å². The van der Waals surface area contributed by atoms with E-state index in [-0.39, 0.29) is 17.0 Å². The molecular weight excluding hydrogens is 274 g/mol. The SMILES string of the molecule is Br.CCN1CC[C@@](C)(c2ccccc2)[C@@H](C)C1. The fourth-order valence-corrected chi connectivity index (χ4v) is 2.85. The van der Waals surface area contributed by atoms with Crippen molar-refractivity contribution in [3.8, 4) is 0 Å². The lowest BCUT2D eigenvalue weighted by Gasteiger charge is -2.44. The summed E-state index contributed by atoms with van der Waals surface area (Å²) in [6, 6.07) is 11.0. The number of piperidine rings is 1. The quantitative estimate of drug-likeness (QED) is 0.801. The maximum atomic E-state index is 2.56. The van der Waals surface area contributed by atoms with Gasteiger partial charge in [0.1, 0.15) is 0 Å². The molecular formula is C15H24BrN. The van der Waals surface area contributed by atoms with Gasteiger partial charge in [-0.3, -0.25) is 0 Å². The predicted molar refractivity (Wildman–Crippen MR) is 80.0 cm³/mol. The van der Waals surface area contributed by atoms with Crippen LogP contribution in [0.5, 0.6) is 0 Å². The molecule has 1 heterocycles. The van der Waals surface area contributed by atoms with E-state index in [0.29, 0.717) is 5.41 Å². The molecule has 2 rings (SSSR count). The summed E-state index contributed by atoms with van der Waals surface area (Å²) in [5, 5.41) is 0. The molecule has 0 amide bonds. The van der Waals surface area contributed by atoms with Crippen LogP contribution in [0.2, 0.25) is 0 Å². The van der Waals surface area contributed by atoms with Crippen molar-refractivity contribution in [2.45, 2.75) is 32.6 Å². The van der Waals surface area contributed by atoms with Crippen LogP contribution in [0.4, 0.5) is 0 Å². The van der Waals surface area contributed by atoms with Gasteiger partial charge in [-0.15, -0.1) is 17.0 Å². The van der Waals surface area contributed by atoms with Gasteiger partial charge in [0, 0.05) is 6.54 Å². The smallest absolute Gasteiger partial charge is 0.00153 e. The van der Waals surface area contributed by atoms with Crippen LogP contribution in [0.3, 0.4) is 0 Å². The Bertz CT molecular complexity index is 338. The highest BCUT2D eigenvalue weighted by Crippen LogP contribution is 2.38. The minimum Gasteiger partial charge on any atom is -0.303 e. The van der Waals surface area contributed by atoms with Gasteiger partial charge in [-0.25, -0.2) is 0 Å². The van der Waals surface area contributed by atoms with Gasteiger partial charge >= 0.3 is 0 Å². The second-order valence-electron chi connectivity index (χ2n) is 5.33. The van der Waals surface area contributed by atoms with Gasteiger partial charge in [-0.1, -0.05) is 51.1 Å². The van der Waals surface area contributed by atoms with Crippen molar-refractivity contribution in [1.82, 2.24) is 4.90 Å². The molecule has 0 aromatic heterocycles. The molecule has 0 saturated carbocycles. The Kier molecular flexibility index (Phi) is 5.21. The van der Waals surface area contributed by atoms with E-state index in [1.807, 2.05) is 0 Å². The first-order valence-electron chi connectivity index (χ1n) is 6.44.